The summed E-state index contributed by atoms with van der Waals surface area (Å²) in [7, 11) is 0. The number of rotatable bonds is 20. The SMILES string of the molecule is CCCCCCCCCCCCCCCCCC(=O)Nc1cccc(C(=O)Nc2ccc(O)c(-c3nc4c(Cl)c(C(C)(C)C)[nH]n4n3)c2)c1. The molecule has 0 saturated carbocycles. The van der Waals surface area contributed by atoms with Crippen LogP contribution in [0, 0.1) is 0 Å². The number of anilines is 2. The summed E-state index contributed by atoms with van der Waals surface area (Å²) in [5.74, 6) is -0.162. The van der Waals surface area contributed by atoms with Gasteiger partial charge in [0.25, 0.3) is 5.91 Å². The lowest BCUT2D eigenvalue weighted by Gasteiger charge is -2.16. The molecule has 0 spiro atoms. The van der Waals surface area contributed by atoms with E-state index in [4.69, 9.17) is 11.6 Å². The summed E-state index contributed by atoms with van der Waals surface area (Å²) in [6, 6.07) is 11.6. The molecule has 0 unspecified atom stereocenters. The Labute approximate surface area is 296 Å². The maximum atomic E-state index is 13.1. The van der Waals surface area contributed by atoms with Crippen molar-refractivity contribution in [3.05, 3.63) is 58.7 Å². The Morgan fingerprint density at radius 1 is 0.816 bits per heavy atom. The quantitative estimate of drug-likeness (QED) is 0.0542. The molecular weight excluding hydrogens is 636 g/mol. The van der Waals surface area contributed by atoms with E-state index in [1.807, 2.05) is 20.8 Å². The van der Waals surface area contributed by atoms with E-state index in [-0.39, 0.29) is 28.8 Å². The van der Waals surface area contributed by atoms with E-state index in [0.29, 0.717) is 39.6 Å². The predicted octanol–water partition coefficient (Wildman–Crippen LogP) is 10.8. The van der Waals surface area contributed by atoms with Gasteiger partial charge in [-0.2, -0.15) is 4.63 Å². The number of phenolic OH excluding ortho intramolecular Hbond substituents is 1. The van der Waals surface area contributed by atoms with Crippen LogP contribution in [0.15, 0.2) is 42.5 Å². The largest absolute Gasteiger partial charge is 0.507 e. The normalized spacial score (nSPS) is 11.7. The van der Waals surface area contributed by atoms with Gasteiger partial charge in [0.1, 0.15) is 10.8 Å². The van der Waals surface area contributed by atoms with Crippen LogP contribution in [0.2, 0.25) is 5.02 Å². The molecule has 4 aromatic rings. The van der Waals surface area contributed by atoms with Crippen LogP contribution in [0.5, 0.6) is 5.75 Å². The fourth-order valence-electron chi connectivity index (χ4n) is 6.02. The van der Waals surface area contributed by atoms with Crippen molar-refractivity contribution in [2.75, 3.05) is 10.6 Å². The van der Waals surface area contributed by atoms with E-state index in [0.717, 1.165) is 25.0 Å². The summed E-state index contributed by atoms with van der Waals surface area (Å²) < 4.78 is 1.49. The van der Waals surface area contributed by atoms with Crippen molar-refractivity contribution >= 4 is 40.4 Å². The van der Waals surface area contributed by atoms with E-state index < -0.39 is 0 Å². The highest BCUT2D eigenvalue weighted by Gasteiger charge is 2.25. The van der Waals surface area contributed by atoms with Gasteiger partial charge in [0.05, 0.1) is 11.3 Å². The number of hydrogen-bond acceptors (Lipinski definition) is 5. The van der Waals surface area contributed by atoms with Crippen molar-refractivity contribution < 1.29 is 14.7 Å². The van der Waals surface area contributed by atoms with Gasteiger partial charge in [-0.15, -0.1) is 5.10 Å². The van der Waals surface area contributed by atoms with Crippen LogP contribution < -0.4 is 10.6 Å². The highest BCUT2D eigenvalue weighted by atomic mass is 35.5. The maximum Gasteiger partial charge on any atom is 0.255 e. The van der Waals surface area contributed by atoms with Crippen molar-refractivity contribution in [3.8, 4) is 17.1 Å². The van der Waals surface area contributed by atoms with Crippen molar-refractivity contribution in [1.82, 2.24) is 19.8 Å². The fourth-order valence-corrected chi connectivity index (χ4v) is 6.47. The third-order valence-electron chi connectivity index (χ3n) is 8.90. The number of phenols is 1. The van der Waals surface area contributed by atoms with Crippen LogP contribution in [0.3, 0.4) is 0 Å². The van der Waals surface area contributed by atoms with Gasteiger partial charge in [0.15, 0.2) is 11.5 Å². The number of H-pyrrole nitrogens is 1. The number of aromatic hydroxyl groups is 1. The third kappa shape index (κ3) is 11.6. The van der Waals surface area contributed by atoms with Crippen molar-refractivity contribution in [1.29, 1.82) is 0 Å². The minimum atomic E-state index is -0.349. The van der Waals surface area contributed by atoms with E-state index in [2.05, 4.69) is 32.7 Å². The lowest BCUT2D eigenvalue weighted by Crippen LogP contribution is -2.14. The average molecular weight is 691 g/mol. The van der Waals surface area contributed by atoms with E-state index in [9.17, 15) is 14.7 Å². The number of aromatic nitrogens is 4. The molecule has 0 atom stereocenters. The lowest BCUT2D eigenvalue weighted by molar-refractivity contribution is -0.116. The second-order valence-electron chi connectivity index (χ2n) is 14.2. The van der Waals surface area contributed by atoms with Crippen LogP contribution in [0.4, 0.5) is 11.4 Å². The van der Waals surface area contributed by atoms with E-state index in [1.165, 1.54) is 87.7 Å². The highest BCUT2D eigenvalue weighted by molar-refractivity contribution is 6.34. The molecule has 0 aliphatic rings. The highest BCUT2D eigenvalue weighted by Crippen LogP contribution is 2.34. The Morgan fingerprint density at radius 2 is 1.41 bits per heavy atom. The summed E-state index contributed by atoms with van der Waals surface area (Å²) >= 11 is 6.57. The number of unbranched alkanes of at least 4 members (excludes halogenated alkanes) is 14. The van der Waals surface area contributed by atoms with Gasteiger partial charge in [-0.1, -0.05) is 135 Å². The number of aromatic amines is 1. The van der Waals surface area contributed by atoms with Gasteiger partial charge in [-0.3, -0.25) is 14.7 Å². The Bertz CT molecular complexity index is 1650. The number of hydrogen-bond donors (Lipinski definition) is 4. The first-order valence-electron chi connectivity index (χ1n) is 18.3. The molecule has 0 aliphatic heterocycles. The second kappa shape index (κ2) is 18.8. The molecule has 10 heteroatoms. The van der Waals surface area contributed by atoms with Crippen LogP contribution in [-0.2, 0) is 10.2 Å². The monoisotopic (exact) mass is 690 g/mol. The van der Waals surface area contributed by atoms with Crippen LogP contribution in [0.1, 0.15) is 146 Å². The molecule has 2 aromatic carbocycles. The van der Waals surface area contributed by atoms with Crippen molar-refractivity contribution in [2.24, 2.45) is 0 Å². The summed E-state index contributed by atoms with van der Waals surface area (Å²) in [4.78, 5) is 30.3. The van der Waals surface area contributed by atoms with Gasteiger partial charge in [0.2, 0.25) is 5.91 Å². The lowest BCUT2D eigenvalue weighted by atomic mass is 9.92. The molecule has 2 aromatic heterocycles. The number of nitrogens with one attached hydrogen (secondary N) is 3. The zero-order valence-electron chi connectivity index (χ0n) is 29.8. The standard InChI is InChI=1S/C39H55ClN6O3/c1-5-6-7-8-9-10-11-12-13-14-15-16-17-18-19-23-33(48)41-29-22-20-21-28(26-29)38(49)42-30-24-25-32(47)31(27-30)36-43-37-34(40)35(39(2,3)4)44-46(37)45-36/h20-22,24-27,44,47H,5-19,23H2,1-4H3,(H,41,48)(H,42,49). The minimum absolute atomic E-state index is 0.0304. The zero-order chi connectivity index (χ0) is 35.2. The summed E-state index contributed by atoms with van der Waals surface area (Å²) in [6.45, 7) is 8.38. The summed E-state index contributed by atoms with van der Waals surface area (Å²) in [5.41, 5.74) is 2.82. The fraction of sp³-hybridized carbons (Fsp3) is 0.538. The van der Waals surface area contributed by atoms with Gasteiger partial charge in [-0.05, 0) is 42.8 Å². The Balaban J connectivity index is 1.18. The topological polar surface area (TPSA) is 124 Å². The van der Waals surface area contributed by atoms with Crippen LogP contribution in [-0.4, -0.2) is 36.7 Å². The van der Waals surface area contributed by atoms with Crippen LogP contribution in [0.25, 0.3) is 17.0 Å². The number of fused-ring (bicyclic) bond motifs is 1. The Kier molecular flexibility index (Phi) is 14.6. The first-order chi connectivity index (χ1) is 23.6. The molecule has 4 N–H and O–H groups in total. The molecule has 0 radical (unpaired) electrons. The number of halogens is 1. The molecule has 0 saturated heterocycles. The Morgan fingerprint density at radius 3 is 2.00 bits per heavy atom. The summed E-state index contributed by atoms with van der Waals surface area (Å²) in [6.07, 6.45) is 19.8. The summed E-state index contributed by atoms with van der Waals surface area (Å²) in [5, 5.41) is 24.5. The average Bonchev–Trinajstić information content (AvgIpc) is 3.63. The van der Waals surface area contributed by atoms with Crippen LogP contribution >= 0.6 is 11.6 Å². The second-order valence-corrected chi connectivity index (χ2v) is 14.6. The molecule has 2 heterocycles. The molecule has 0 bridgehead atoms. The first-order valence-corrected chi connectivity index (χ1v) is 18.6. The predicted molar refractivity (Wildman–Crippen MR) is 201 cm³/mol. The smallest absolute Gasteiger partial charge is 0.255 e. The van der Waals surface area contributed by atoms with Gasteiger partial charge < -0.3 is 15.7 Å². The van der Waals surface area contributed by atoms with Gasteiger partial charge in [0, 0.05) is 28.8 Å². The van der Waals surface area contributed by atoms with Crippen molar-refractivity contribution in [3.63, 3.8) is 0 Å². The number of amides is 2. The molecule has 4 rings (SSSR count). The van der Waals surface area contributed by atoms with E-state index in [1.54, 1.807) is 36.4 Å². The molecule has 0 fully saturated rings. The van der Waals surface area contributed by atoms with Crippen molar-refractivity contribution in [2.45, 2.75) is 136 Å². The van der Waals surface area contributed by atoms with Gasteiger partial charge >= 0.3 is 0 Å². The molecule has 0 aliphatic carbocycles. The van der Waals surface area contributed by atoms with E-state index >= 15 is 0 Å². The van der Waals surface area contributed by atoms with Gasteiger partial charge in [-0.25, -0.2) is 4.98 Å². The number of carbonyl (C=O) groups excluding carboxylic acids is 2. The molecule has 2 amide bonds. The molecular formula is C39H55ClN6O3. The minimum Gasteiger partial charge on any atom is -0.507 e. The number of nitrogens with zero attached hydrogens (tertiary/aromatic N) is 3. The molecule has 266 valence electrons. The molecule has 49 heavy (non-hydrogen) atoms. The Hall–Kier alpha value is -3.85. The first kappa shape index (κ1) is 38.0. The number of carbonyl (C=O) groups is 2. The number of benzene rings is 2. The molecule has 9 nitrogen and oxygen atoms in total. The third-order valence-corrected chi connectivity index (χ3v) is 9.26. The zero-order valence-corrected chi connectivity index (χ0v) is 30.6. The maximum absolute atomic E-state index is 13.1.